The highest BCUT2D eigenvalue weighted by atomic mass is 35.5. The lowest BCUT2D eigenvalue weighted by atomic mass is 9.77. The van der Waals surface area contributed by atoms with Crippen LogP contribution >= 0.6 is 11.6 Å². The zero-order chi connectivity index (χ0) is 37.7. The van der Waals surface area contributed by atoms with E-state index in [0.717, 1.165) is 44.1 Å². The minimum absolute atomic E-state index is 0.00188. The van der Waals surface area contributed by atoms with Crippen LogP contribution in [0.15, 0.2) is 29.3 Å². The van der Waals surface area contributed by atoms with Crippen LogP contribution < -0.4 is 20.7 Å². The molecule has 7 rings (SSSR count). The van der Waals surface area contributed by atoms with Crippen LogP contribution in [0.3, 0.4) is 0 Å². The Morgan fingerprint density at radius 1 is 1.00 bits per heavy atom. The van der Waals surface area contributed by atoms with Crippen molar-refractivity contribution >= 4 is 46.5 Å². The summed E-state index contributed by atoms with van der Waals surface area (Å²) in [6.07, 6.45) is 3.83. The number of hydrogen-bond donors (Lipinski definition) is 2. The number of hydrogen-bond acceptors (Lipinski definition) is 10. The molecule has 2 N–H and O–H groups in total. The quantitative estimate of drug-likeness (QED) is 0.272. The monoisotopic (exact) mass is 756 g/mol. The van der Waals surface area contributed by atoms with Gasteiger partial charge in [-0.3, -0.25) is 14.4 Å². The van der Waals surface area contributed by atoms with Gasteiger partial charge in [0.15, 0.2) is 11.4 Å². The molecule has 282 valence electrons. The van der Waals surface area contributed by atoms with E-state index in [9.17, 15) is 32.7 Å². The van der Waals surface area contributed by atoms with Crippen molar-refractivity contribution in [1.82, 2.24) is 34.0 Å². The molecule has 0 atom stereocenters. The summed E-state index contributed by atoms with van der Waals surface area (Å²) in [5, 5.41) is 17.4. The van der Waals surface area contributed by atoms with Crippen molar-refractivity contribution < 1.29 is 27.9 Å². The van der Waals surface area contributed by atoms with E-state index >= 15 is 0 Å². The third kappa shape index (κ3) is 6.98. The molecule has 18 heteroatoms. The Kier molecular flexibility index (Phi) is 9.72. The SMILES string of the molecule is CCc1c(N2CCN(C(=O)c3ncnc(C)c3O)CC2)c(=O)n2nc(N3CCC4(CCCC4)CC3)nc2n1CC(=O)Nc1ccc(C(F)(F)F)cc1Cl. The molecule has 1 spiro atoms. The predicted octanol–water partition coefficient (Wildman–Crippen LogP) is 4.69. The van der Waals surface area contributed by atoms with E-state index in [1.54, 1.807) is 16.4 Å². The van der Waals surface area contributed by atoms with Gasteiger partial charge in [-0.05, 0) is 62.6 Å². The van der Waals surface area contributed by atoms with E-state index in [2.05, 4.69) is 25.3 Å². The Labute approximate surface area is 307 Å². The van der Waals surface area contributed by atoms with Gasteiger partial charge in [0, 0.05) is 39.3 Å². The van der Waals surface area contributed by atoms with Crippen LogP contribution in [0.5, 0.6) is 5.75 Å². The summed E-state index contributed by atoms with van der Waals surface area (Å²) in [7, 11) is 0. The number of piperidine rings is 1. The predicted molar refractivity (Wildman–Crippen MR) is 191 cm³/mol. The minimum Gasteiger partial charge on any atom is -0.504 e. The fourth-order valence-electron chi connectivity index (χ4n) is 7.89. The second kappa shape index (κ2) is 14.1. The molecule has 3 aromatic heterocycles. The van der Waals surface area contributed by atoms with Gasteiger partial charge in [-0.25, -0.2) is 9.97 Å². The first-order valence-corrected chi connectivity index (χ1v) is 18.1. The summed E-state index contributed by atoms with van der Waals surface area (Å²) in [6, 6.07) is 2.69. The van der Waals surface area contributed by atoms with Crippen molar-refractivity contribution in [3.05, 3.63) is 62.5 Å². The van der Waals surface area contributed by atoms with Gasteiger partial charge >= 0.3 is 6.18 Å². The number of amides is 2. The van der Waals surface area contributed by atoms with Crippen molar-refractivity contribution in [1.29, 1.82) is 0 Å². The first-order chi connectivity index (χ1) is 25.3. The number of carbonyl (C=O) groups is 2. The van der Waals surface area contributed by atoms with E-state index in [1.165, 1.54) is 36.5 Å². The fourth-order valence-corrected chi connectivity index (χ4v) is 8.12. The number of aromatic hydroxyl groups is 1. The van der Waals surface area contributed by atoms with Crippen molar-refractivity contribution in [2.24, 2.45) is 5.41 Å². The summed E-state index contributed by atoms with van der Waals surface area (Å²) in [4.78, 5) is 59.4. The summed E-state index contributed by atoms with van der Waals surface area (Å²) >= 11 is 6.16. The van der Waals surface area contributed by atoms with Gasteiger partial charge in [0.25, 0.3) is 11.5 Å². The van der Waals surface area contributed by atoms with Gasteiger partial charge in [0.2, 0.25) is 17.6 Å². The first-order valence-electron chi connectivity index (χ1n) is 17.8. The normalized spacial score (nSPS) is 17.6. The third-order valence-corrected chi connectivity index (χ3v) is 11.2. The van der Waals surface area contributed by atoms with Crippen molar-refractivity contribution in [2.45, 2.75) is 71.5 Å². The molecule has 0 radical (unpaired) electrons. The maximum atomic E-state index is 14.4. The molecular formula is C35H40ClF3N10O4. The van der Waals surface area contributed by atoms with Gasteiger partial charge in [-0.15, -0.1) is 5.10 Å². The maximum Gasteiger partial charge on any atom is 0.416 e. The van der Waals surface area contributed by atoms with Crippen LogP contribution in [-0.4, -0.2) is 90.2 Å². The molecule has 0 bridgehead atoms. The fraction of sp³-hybridized carbons (Fsp3) is 0.514. The lowest BCUT2D eigenvalue weighted by Gasteiger charge is -2.38. The van der Waals surface area contributed by atoms with Gasteiger partial charge in [-0.1, -0.05) is 31.4 Å². The Balaban J connectivity index is 1.21. The van der Waals surface area contributed by atoms with Crippen LogP contribution in [0.2, 0.25) is 5.02 Å². The van der Waals surface area contributed by atoms with E-state index < -0.39 is 29.1 Å². The second-order valence-electron chi connectivity index (χ2n) is 14.0. The average molecular weight is 757 g/mol. The highest BCUT2D eigenvalue weighted by Crippen LogP contribution is 2.46. The Morgan fingerprint density at radius 3 is 2.34 bits per heavy atom. The zero-order valence-electron chi connectivity index (χ0n) is 29.4. The third-order valence-electron chi connectivity index (χ3n) is 10.9. The minimum atomic E-state index is -4.60. The number of alkyl halides is 3. The van der Waals surface area contributed by atoms with Crippen LogP contribution in [0.25, 0.3) is 5.78 Å². The number of nitrogens with zero attached hydrogens (tertiary/aromatic N) is 9. The summed E-state index contributed by atoms with van der Waals surface area (Å²) in [6.45, 7) is 5.50. The van der Waals surface area contributed by atoms with E-state index in [0.29, 0.717) is 29.2 Å². The summed E-state index contributed by atoms with van der Waals surface area (Å²) < 4.78 is 42.6. The number of piperazine rings is 1. The zero-order valence-corrected chi connectivity index (χ0v) is 30.2. The van der Waals surface area contributed by atoms with E-state index in [4.69, 9.17) is 16.6 Å². The Bertz CT molecular complexity index is 2110. The molecule has 1 saturated carbocycles. The number of anilines is 3. The molecule has 4 aromatic rings. The number of aromatic nitrogens is 6. The highest BCUT2D eigenvalue weighted by molar-refractivity contribution is 6.33. The summed E-state index contributed by atoms with van der Waals surface area (Å²) in [5.41, 5.74) is -0.0472. The molecule has 1 aromatic carbocycles. The molecule has 3 fully saturated rings. The van der Waals surface area contributed by atoms with E-state index in [1.807, 2.05) is 11.8 Å². The molecule has 2 amide bonds. The molecule has 53 heavy (non-hydrogen) atoms. The lowest BCUT2D eigenvalue weighted by molar-refractivity contribution is -0.137. The van der Waals surface area contributed by atoms with Gasteiger partial charge in [-0.2, -0.15) is 22.7 Å². The van der Waals surface area contributed by atoms with Crippen molar-refractivity contribution in [3.63, 3.8) is 0 Å². The topological polar surface area (TPSA) is 154 Å². The van der Waals surface area contributed by atoms with Crippen molar-refractivity contribution in [3.8, 4) is 5.75 Å². The van der Waals surface area contributed by atoms with E-state index in [-0.39, 0.29) is 66.3 Å². The van der Waals surface area contributed by atoms with Gasteiger partial charge < -0.3 is 29.7 Å². The highest BCUT2D eigenvalue weighted by Gasteiger charge is 2.38. The lowest BCUT2D eigenvalue weighted by Crippen LogP contribution is -2.51. The molecule has 0 unspecified atom stereocenters. The molecule has 1 aliphatic carbocycles. The number of carbonyl (C=O) groups excluding carboxylic acids is 2. The van der Waals surface area contributed by atoms with Gasteiger partial charge in [0.1, 0.15) is 18.6 Å². The van der Waals surface area contributed by atoms with Crippen molar-refractivity contribution in [2.75, 3.05) is 54.4 Å². The largest absolute Gasteiger partial charge is 0.504 e. The number of nitrogens with one attached hydrogen (secondary N) is 1. The van der Waals surface area contributed by atoms with Gasteiger partial charge in [0.05, 0.1) is 27.7 Å². The Hall–Kier alpha value is -4.93. The molecule has 14 nitrogen and oxygen atoms in total. The molecule has 5 heterocycles. The summed E-state index contributed by atoms with van der Waals surface area (Å²) in [5.74, 6) is -0.810. The van der Waals surface area contributed by atoms with Crippen LogP contribution in [0.4, 0.5) is 30.5 Å². The average Bonchev–Trinajstić information content (AvgIpc) is 3.79. The molecule has 2 saturated heterocycles. The van der Waals surface area contributed by atoms with Crippen LogP contribution in [0.1, 0.15) is 72.9 Å². The van der Waals surface area contributed by atoms with Crippen LogP contribution in [-0.2, 0) is 23.9 Å². The molecular weight excluding hydrogens is 717 g/mol. The number of halogens is 4. The molecule has 3 aliphatic rings. The van der Waals surface area contributed by atoms with Crippen LogP contribution in [0, 0.1) is 12.3 Å². The standard InChI is InChI=1S/C35H40ClF3N10O4/c1-3-25-28(45-14-16-46(17-15-45)30(52)27-29(51)21(2)40-20-41-27)31(53)49-33(43-32(44-49)47-12-10-34(11-13-47)8-4-5-9-34)48(25)19-26(50)42-24-7-6-22(18-23(24)36)35(37,38)39/h6-7,18,20,51H,3-5,8-17,19H2,1-2H3,(H,42,50). The number of rotatable bonds is 7. The number of aryl methyl sites for hydroxylation is 1. The smallest absolute Gasteiger partial charge is 0.416 e. The Morgan fingerprint density at radius 2 is 1.70 bits per heavy atom. The number of fused-ring (bicyclic) bond motifs is 1. The maximum absolute atomic E-state index is 14.4. The first kappa shape index (κ1) is 36.4. The number of benzene rings is 1. The second-order valence-corrected chi connectivity index (χ2v) is 14.4. The molecule has 2 aliphatic heterocycles.